The third-order valence-corrected chi connectivity index (χ3v) is 11.8. The van der Waals surface area contributed by atoms with E-state index in [1.54, 1.807) is 0 Å². The van der Waals surface area contributed by atoms with E-state index in [0.717, 1.165) is 24.2 Å². The van der Waals surface area contributed by atoms with Crippen molar-refractivity contribution in [3.05, 3.63) is 215 Å². The van der Waals surface area contributed by atoms with Gasteiger partial charge in [0.05, 0.1) is 0 Å². The minimum atomic E-state index is 0. The Kier molecular flexibility index (Phi) is 19.0. The highest BCUT2D eigenvalue weighted by atomic mass is 127. The van der Waals surface area contributed by atoms with Gasteiger partial charge in [-0.3, -0.25) is 9.97 Å². The van der Waals surface area contributed by atoms with Crippen LogP contribution in [0.15, 0.2) is 171 Å². The van der Waals surface area contributed by atoms with Gasteiger partial charge in [0.25, 0.3) is 0 Å². The summed E-state index contributed by atoms with van der Waals surface area (Å²) in [7, 11) is 4.07. The van der Waals surface area contributed by atoms with Gasteiger partial charge in [-0.2, -0.15) is 0 Å². The molecule has 0 bridgehead atoms. The first-order valence-corrected chi connectivity index (χ1v) is 24.5. The third-order valence-electron chi connectivity index (χ3n) is 11.8. The Bertz CT molecular complexity index is 3130. The Balaban J connectivity index is 0.000000210. The van der Waals surface area contributed by atoms with Gasteiger partial charge in [0.1, 0.15) is 14.1 Å². The van der Waals surface area contributed by atoms with E-state index in [1.165, 1.54) is 77.0 Å². The van der Waals surface area contributed by atoms with Crippen LogP contribution in [0.1, 0.15) is 58.4 Å². The van der Waals surface area contributed by atoms with Gasteiger partial charge >= 0.3 is 0 Å². The molecular weight excluding hydrogens is 1170 g/mol. The maximum Gasteiger partial charge on any atom is 0.169 e. The van der Waals surface area contributed by atoms with Gasteiger partial charge in [0.15, 0.2) is 24.8 Å². The molecule has 9 heteroatoms. The minimum absolute atomic E-state index is 0. The number of fused-ring (bicyclic) bond motifs is 6. The molecule has 0 fully saturated rings. The number of benzene rings is 4. The molecule has 0 saturated heterocycles. The summed E-state index contributed by atoms with van der Waals surface area (Å²) >= 11 is 2.15. The Labute approximate surface area is 448 Å². The van der Waals surface area contributed by atoms with Gasteiger partial charge in [-0.15, -0.1) is 0 Å². The van der Waals surface area contributed by atoms with E-state index in [0.29, 0.717) is 0 Å². The van der Waals surface area contributed by atoms with Crippen LogP contribution in [0.5, 0.6) is 0 Å². The summed E-state index contributed by atoms with van der Waals surface area (Å²) in [6.45, 7) is 6.29. The number of rotatable bonds is 10. The number of hydrogen-bond donors (Lipinski definition) is 0. The summed E-state index contributed by atoms with van der Waals surface area (Å²) in [5.41, 5.74) is 14.6. The van der Waals surface area contributed by atoms with E-state index in [9.17, 15) is 0 Å². The van der Waals surface area contributed by atoms with Crippen LogP contribution in [0.2, 0.25) is 0 Å². The molecule has 6 aromatic heterocycles. The Morgan fingerprint density at radius 3 is 0.853 bits per heavy atom. The number of hydrogen-bond acceptors (Lipinski definition) is 2. The molecule has 0 amide bonds. The van der Waals surface area contributed by atoms with Crippen LogP contribution in [0, 0.1) is 0 Å². The molecule has 6 heterocycles. The van der Waals surface area contributed by atoms with Gasteiger partial charge in [-0.25, -0.2) is 9.13 Å². The number of nitrogens with zero attached hydrogens (tertiary/aromatic N) is 6. The van der Waals surface area contributed by atoms with Crippen molar-refractivity contribution in [2.24, 2.45) is 14.1 Å². The van der Waals surface area contributed by atoms with Gasteiger partial charge in [-0.1, -0.05) is 120 Å². The van der Waals surface area contributed by atoms with Crippen LogP contribution in [0.4, 0.5) is 0 Å². The summed E-state index contributed by atoms with van der Waals surface area (Å²) in [6.07, 6.45) is 32.9. The number of pyridine rings is 4. The van der Waals surface area contributed by atoms with E-state index >= 15 is 0 Å². The van der Waals surface area contributed by atoms with Crippen molar-refractivity contribution < 1.29 is 57.1 Å². The lowest BCUT2D eigenvalue weighted by atomic mass is 10.1. The van der Waals surface area contributed by atoms with E-state index in [2.05, 4.69) is 226 Å². The topological polar surface area (TPSA) is 43.4 Å². The summed E-state index contributed by atoms with van der Waals surface area (Å²) in [5, 5.41) is 5.20. The average Bonchev–Trinajstić information content (AvgIpc) is 3.86. The smallest absolute Gasteiger partial charge is 0.169 e. The van der Waals surface area contributed by atoms with Gasteiger partial charge in [0.2, 0.25) is 0 Å². The summed E-state index contributed by atoms with van der Waals surface area (Å²) in [5.74, 6) is 0. The molecular formula is C59H55I3N6. The first-order valence-electron chi connectivity index (χ1n) is 22.4. The van der Waals surface area contributed by atoms with Crippen LogP contribution in [0.3, 0.4) is 0 Å². The number of halogens is 3. The van der Waals surface area contributed by atoms with Crippen molar-refractivity contribution in [2.45, 2.75) is 26.9 Å². The highest BCUT2D eigenvalue weighted by Gasteiger charge is 2.12. The van der Waals surface area contributed by atoms with E-state index in [4.69, 9.17) is 0 Å². The van der Waals surface area contributed by atoms with E-state index < -0.39 is 0 Å². The molecule has 342 valence electrons. The highest BCUT2D eigenvalue weighted by Crippen LogP contribution is 2.33. The molecule has 0 unspecified atom stereocenters. The van der Waals surface area contributed by atoms with Gasteiger partial charge < -0.3 is 57.1 Å². The second kappa shape index (κ2) is 25.0. The third kappa shape index (κ3) is 12.5. The zero-order chi connectivity index (χ0) is 45.8. The molecule has 68 heavy (non-hydrogen) atoms. The second-order valence-electron chi connectivity index (χ2n) is 16.1. The SMILES string of the molecule is CCn1c2cc(/C=C/c3cc[n+](C)cc3)ccc2c2ccc(/C=C/c3cc[n+](C)cc3)cc21.CCn1c2cc(/C=C/c3ccncc3)ccc2c2ccc(/C=C/c3ccncc3)cc21.CI.[I-].[I-]. The van der Waals surface area contributed by atoms with Gasteiger partial charge in [0, 0.05) is 106 Å². The maximum atomic E-state index is 4.08. The zero-order valence-electron chi connectivity index (χ0n) is 39.0. The number of aromatic nitrogens is 6. The fourth-order valence-corrected chi connectivity index (χ4v) is 8.32. The second-order valence-corrected chi connectivity index (χ2v) is 16.1. The lowest BCUT2D eigenvalue weighted by Crippen LogP contribution is -3.00. The molecule has 0 aliphatic heterocycles. The number of alkyl halides is 1. The van der Waals surface area contributed by atoms with E-state index in [-0.39, 0.29) is 48.0 Å². The molecule has 0 aliphatic carbocycles. The molecule has 0 radical (unpaired) electrons. The normalized spacial score (nSPS) is 11.3. The summed E-state index contributed by atoms with van der Waals surface area (Å²) < 4.78 is 8.92. The van der Waals surface area contributed by atoms with Crippen LogP contribution < -0.4 is 57.1 Å². The Hall–Kier alpha value is -5.77. The molecule has 0 aliphatic rings. The highest BCUT2D eigenvalue weighted by molar-refractivity contribution is 14.1. The summed E-state index contributed by atoms with van der Waals surface area (Å²) in [6, 6.07) is 43.5. The first kappa shape index (κ1) is 51.6. The maximum absolute atomic E-state index is 4.08. The molecule has 10 aromatic rings. The first-order chi connectivity index (χ1) is 32.4. The minimum Gasteiger partial charge on any atom is -1.00 e. The lowest BCUT2D eigenvalue weighted by Gasteiger charge is -2.04. The fourth-order valence-electron chi connectivity index (χ4n) is 8.32. The molecule has 0 atom stereocenters. The van der Waals surface area contributed by atoms with Crippen LogP contribution in [-0.4, -0.2) is 24.0 Å². The van der Waals surface area contributed by atoms with Crippen molar-refractivity contribution >= 4 is 115 Å². The van der Waals surface area contributed by atoms with Crippen molar-refractivity contribution in [1.29, 1.82) is 0 Å². The molecule has 0 saturated carbocycles. The van der Waals surface area contributed by atoms with Crippen LogP contribution >= 0.6 is 22.6 Å². The van der Waals surface area contributed by atoms with Crippen LogP contribution in [-0.2, 0) is 27.2 Å². The molecule has 4 aromatic carbocycles. The number of aryl methyl sites for hydroxylation is 4. The Morgan fingerprint density at radius 2 is 0.603 bits per heavy atom. The standard InChI is InChI=1S/C30H29N3.C28H23N3.CH3I.2HI/c1-4-33-29-21-25(7-5-23-13-17-31(2)18-14-23)9-11-27(29)28-12-10-26(22-30(28)33)8-6-24-15-19-32(3)20-16-24;1-2-31-27-19-23(5-3-21-11-15-29-16-12-21)7-9-25(27)26-10-8-24(20-28(26)31)6-4-22-13-17-30-18-14-22;1-2;;/h5-22H,4H2,1-3H3;3-20H,2H2,1H3;1H3;2*1H/q+2;;;;/p-2/b;5-3+,6-4+;;;. The van der Waals surface area contributed by atoms with Gasteiger partial charge in [-0.05, 0) is 112 Å². The summed E-state index contributed by atoms with van der Waals surface area (Å²) in [4.78, 5) is 10.1. The largest absolute Gasteiger partial charge is 1.00 e. The average molecular weight is 1230 g/mol. The fraction of sp³-hybridized carbons (Fsp3) is 0.119. The van der Waals surface area contributed by atoms with E-state index in [1.807, 2.05) is 77.2 Å². The predicted octanol–water partition coefficient (Wildman–Crippen LogP) is 7.81. The van der Waals surface area contributed by atoms with Crippen molar-refractivity contribution in [1.82, 2.24) is 19.1 Å². The quantitative estimate of drug-likeness (QED) is 0.0798. The van der Waals surface area contributed by atoms with Crippen molar-refractivity contribution in [3.63, 3.8) is 0 Å². The predicted molar refractivity (Wildman–Crippen MR) is 290 cm³/mol. The van der Waals surface area contributed by atoms with Crippen molar-refractivity contribution in [2.75, 3.05) is 4.93 Å². The molecule has 6 nitrogen and oxygen atoms in total. The monoisotopic (exact) mass is 1230 g/mol. The zero-order valence-corrected chi connectivity index (χ0v) is 45.5. The van der Waals surface area contributed by atoms with Crippen molar-refractivity contribution in [3.8, 4) is 0 Å². The Morgan fingerprint density at radius 1 is 0.368 bits per heavy atom. The molecule has 0 spiro atoms. The molecule has 10 rings (SSSR count). The van der Waals surface area contributed by atoms with Crippen LogP contribution in [0.25, 0.3) is 92.2 Å². The lowest BCUT2D eigenvalue weighted by molar-refractivity contribution is -0.671. The molecule has 0 N–H and O–H groups in total.